The molecule has 0 fully saturated rings. The molecule has 1 aromatic carbocycles. The summed E-state index contributed by atoms with van der Waals surface area (Å²) in [5.41, 5.74) is 3.22. The molecule has 0 radical (unpaired) electrons. The molecular weight excluding hydrogens is 322 g/mol. The second kappa shape index (κ2) is 8.64. The van der Waals surface area contributed by atoms with Crippen molar-refractivity contribution in [1.82, 2.24) is 4.98 Å². The smallest absolute Gasteiger partial charge is 0.114 e. The van der Waals surface area contributed by atoms with Crippen molar-refractivity contribution < 1.29 is 0 Å². The number of halogens is 1. The second-order valence-corrected chi connectivity index (χ2v) is 5.92. The van der Waals surface area contributed by atoms with E-state index in [0.717, 1.165) is 15.9 Å². The number of unbranched alkanes of at least 4 members (excludes halogenated alkanes) is 3. The molecule has 2 rings (SSSR count). The van der Waals surface area contributed by atoms with E-state index in [2.05, 4.69) is 63.9 Å². The summed E-state index contributed by atoms with van der Waals surface area (Å²) in [4.78, 5) is 4.31. The van der Waals surface area contributed by atoms with Crippen LogP contribution in [0.25, 0.3) is 0 Å². The van der Waals surface area contributed by atoms with Crippen LogP contribution in [0.1, 0.15) is 49.4 Å². The van der Waals surface area contributed by atoms with E-state index in [0.29, 0.717) is 0 Å². The van der Waals surface area contributed by atoms with Crippen molar-refractivity contribution in [2.45, 2.75) is 39.0 Å². The molecule has 0 N–H and O–H groups in total. The maximum atomic E-state index is 4.31. The van der Waals surface area contributed by atoms with Gasteiger partial charge in [-0.15, -0.1) is 0 Å². The highest BCUT2D eigenvalue weighted by Crippen LogP contribution is 2.10. The topological polar surface area (TPSA) is 12.9 Å². The van der Waals surface area contributed by atoms with E-state index in [1.54, 1.807) is 0 Å². The summed E-state index contributed by atoms with van der Waals surface area (Å²) in [6.45, 7) is 2.24. The highest BCUT2D eigenvalue weighted by molar-refractivity contribution is 9.10. The predicted molar refractivity (Wildman–Crippen MR) is 92.2 cm³/mol. The van der Waals surface area contributed by atoms with E-state index in [1.807, 2.05) is 18.2 Å². The minimum absolute atomic E-state index is 0.785. The number of benzene rings is 1. The third-order valence-electron chi connectivity index (χ3n) is 3.32. The first-order valence-corrected chi connectivity index (χ1v) is 8.31. The third kappa shape index (κ3) is 5.73. The third-order valence-corrected chi connectivity index (χ3v) is 3.76. The van der Waals surface area contributed by atoms with Crippen molar-refractivity contribution in [3.8, 4) is 11.8 Å². The number of nitrogens with zero attached hydrogens (tertiary/aromatic N) is 1. The number of hydrogen-bond acceptors (Lipinski definition) is 1. The molecular formula is C19H20BrN. The Bertz CT molecular complexity index is 620. The molecule has 0 saturated carbocycles. The Kier molecular flexibility index (Phi) is 6.50. The molecule has 0 aliphatic heterocycles. The Morgan fingerprint density at radius 3 is 2.48 bits per heavy atom. The minimum atomic E-state index is 0.785. The highest BCUT2D eigenvalue weighted by Gasteiger charge is 1.94. The zero-order valence-corrected chi connectivity index (χ0v) is 14.0. The van der Waals surface area contributed by atoms with Crippen molar-refractivity contribution in [1.29, 1.82) is 0 Å². The van der Waals surface area contributed by atoms with Crippen molar-refractivity contribution >= 4 is 15.9 Å². The fourth-order valence-corrected chi connectivity index (χ4v) is 2.47. The average Bonchev–Trinajstić information content (AvgIpc) is 2.51. The minimum Gasteiger partial charge on any atom is -0.232 e. The molecule has 0 bridgehead atoms. The number of rotatable bonds is 5. The number of aromatic nitrogens is 1. The second-order valence-electron chi connectivity index (χ2n) is 5.10. The van der Waals surface area contributed by atoms with Crippen LogP contribution < -0.4 is 0 Å². The molecule has 0 aliphatic rings. The zero-order chi connectivity index (χ0) is 14.9. The quantitative estimate of drug-likeness (QED) is 0.405. The van der Waals surface area contributed by atoms with Crippen LogP contribution in [0.3, 0.4) is 0 Å². The zero-order valence-electron chi connectivity index (χ0n) is 12.4. The van der Waals surface area contributed by atoms with Gasteiger partial charge in [-0.05, 0) is 64.5 Å². The normalized spacial score (nSPS) is 10.0. The first-order valence-electron chi connectivity index (χ1n) is 7.51. The Labute approximate surface area is 135 Å². The summed E-state index contributed by atoms with van der Waals surface area (Å²) in [6, 6.07) is 14.3. The largest absolute Gasteiger partial charge is 0.232 e. The van der Waals surface area contributed by atoms with Crippen LogP contribution in [0, 0.1) is 11.8 Å². The molecule has 1 nitrogen and oxygen atoms in total. The van der Waals surface area contributed by atoms with Gasteiger partial charge in [-0.1, -0.05) is 50.3 Å². The van der Waals surface area contributed by atoms with Gasteiger partial charge in [-0.3, -0.25) is 0 Å². The van der Waals surface area contributed by atoms with Crippen LogP contribution in [-0.2, 0) is 6.42 Å². The van der Waals surface area contributed by atoms with Gasteiger partial charge in [0.15, 0.2) is 0 Å². The van der Waals surface area contributed by atoms with Crippen LogP contribution in [0.2, 0.25) is 0 Å². The molecule has 0 amide bonds. The molecule has 0 unspecified atom stereocenters. The summed E-state index contributed by atoms with van der Waals surface area (Å²) in [5, 5.41) is 0. The summed E-state index contributed by atoms with van der Waals surface area (Å²) >= 11 is 3.35. The molecule has 0 atom stereocenters. The lowest BCUT2D eigenvalue weighted by Gasteiger charge is -2.01. The molecule has 0 saturated heterocycles. The SMILES string of the molecule is CCCCCCc1ccc(C#Cc2cccc(Br)n2)cc1. The van der Waals surface area contributed by atoms with Gasteiger partial charge in [0.2, 0.25) is 0 Å². The lowest BCUT2D eigenvalue weighted by molar-refractivity contribution is 0.667. The maximum absolute atomic E-state index is 4.31. The van der Waals surface area contributed by atoms with E-state index in [1.165, 1.54) is 37.7 Å². The summed E-state index contributed by atoms with van der Waals surface area (Å²) in [5.74, 6) is 6.25. The molecule has 1 aromatic heterocycles. The van der Waals surface area contributed by atoms with Crippen molar-refractivity contribution in [2.75, 3.05) is 0 Å². The monoisotopic (exact) mass is 341 g/mol. The van der Waals surface area contributed by atoms with E-state index in [9.17, 15) is 0 Å². The van der Waals surface area contributed by atoms with Gasteiger partial charge in [0.25, 0.3) is 0 Å². The summed E-state index contributed by atoms with van der Waals surface area (Å²) in [6.07, 6.45) is 6.40. The summed E-state index contributed by atoms with van der Waals surface area (Å²) in [7, 11) is 0. The van der Waals surface area contributed by atoms with E-state index < -0.39 is 0 Å². The van der Waals surface area contributed by atoms with Gasteiger partial charge < -0.3 is 0 Å². The fourth-order valence-electron chi connectivity index (χ4n) is 2.12. The summed E-state index contributed by atoms with van der Waals surface area (Å²) < 4.78 is 0.816. The number of aryl methyl sites for hydroxylation is 1. The molecule has 21 heavy (non-hydrogen) atoms. The first kappa shape index (κ1) is 15.8. The van der Waals surface area contributed by atoms with Crippen LogP contribution in [-0.4, -0.2) is 4.98 Å². The van der Waals surface area contributed by atoms with Crippen LogP contribution in [0.5, 0.6) is 0 Å². The molecule has 0 spiro atoms. The first-order chi connectivity index (χ1) is 10.3. The molecule has 2 aromatic rings. The van der Waals surface area contributed by atoms with Crippen LogP contribution in [0.4, 0.5) is 0 Å². The van der Waals surface area contributed by atoms with Crippen molar-refractivity contribution in [2.24, 2.45) is 0 Å². The van der Waals surface area contributed by atoms with Gasteiger partial charge in [-0.2, -0.15) is 0 Å². The van der Waals surface area contributed by atoms with Gasteiger partial charge >= 0.3 is 0 Å². The molecule has 1 heterocycles. The van der Waals surface area contributed by atoms with E-state index in [4.69, 9.17) is 0 Å². The Balaban J connectivity index is 1.94. The van der Waals surface area contributed by atoms with Gasteiger partial charge in [0.05, 0.1) is 0 Å². The lowest BCUT2D eigenvalue weighted by Crippen LogP contribution is -1.86. The Morgan fingerprint density at radius 1 is 0.952 bits per heavy atom. The van der Waals surface area contributed by atoms with E-state index in [-0.39, 0.29) is 0 Å². The average molecular weight is 342 g/mol. The molecule has 0 aliphatic carbocycles. The van der Waals surface area contributed by atoms with Crippen LogP contribution >= 0.6 is 15.9 Å². The number of pyridine rings is 1. The lowest BCUT2D eigenvalue weighted by atomic mass is 10.0. The van der Waals surface area contributed by atoms with E-state index >= 15 is 0 Å². The van der Waals surface area contributed by atoms with Gasteiger partial charge in [0.1, 0.15) is 10.3 Å². The van der Waals surface area contributed by atoms with Crippen molar-refractivity contribution in [3.05, 3.63) is 63.9 Å². The molecule has 2 heteroatoms. The molecule has 108 valence electrons. The van der Waals surface area contributed by atoms with Gasteiger partial charge in [0, 0.05) is 5.56 Å². The Hall–Kier alpha value is -1.59. The predicted octanol–water partition coefficient (Wildman–Crippen LogP) is 5.37. The maximum Gasteiger partial charge on any atom is 0.114 e. The van der Waals surface area contributed by atoms with Crippen molar-refractivity contribution in [3.63, 3.8) is 0 Å². The van der Waals surface area contributed by atoms with Gasteiger partial charge in [-0.25, -0.2) is 4.98 Å². The standard InChI is InChI=1S/C19H20BrN/c1-2-3-4-5-7-16-10-12-17(13-11-16)14-15-18-8-6-9-19(20)21-18/h6,8-13H,2-5,7H2,1H3. The number of hydrogen-bond donors (Lipinski definition) is 0. The highest BCUT2D eigenvalue weighted by atomic mass is 79.9. The van der Waals surface area contributed by atoms with Crippen LogP contribution in [0.15, 0.2) is 47.1 Å². The Morgan fingerprint density at radius 2 is 1.76 bits per heavy atom. The fraction of sp³-hybridized carbons (Fsp3) is 0.316.